The van der Waals surface area contributed by atoms with E-state index in [1.54, 1.807) is 7.11 Å². The van der Waals surface area contributed by atoms with E-state index in [1.807, 2.05) is 24.3 Å². The van der Waals surface area contributed by atoms with Crippen molar-refractivity contribution in [3.63, 3.8) is 0 Å². The standard InChI is InChI=1S/C14H16N4O4/c1-22-11-5-2-10(3-6-11)4-7-13(19)15-12-8-18(17-16-12)9-14(20)21/h2-3,5-6,8H,4,7,9H2,1H3,(H,15,19)(H,20,21). The fourth-order valence-electron chi connectivity index (χ4n) is 1.83. The van der Waals surface area contributed by atoms with Gasteiger partial charge in [0.2, 0.25) is 5.91 Å². The normalized spacial score (nSPS) is 10.2. The van der Waals surface area contributed by atoms with Gasteiger partial charge in [0.25, 0.3) is 0 Å². The highest BCUT2D eigenvalue weighted by atomic mass is 16.5. The molecule has 1 aromatic carbocycles. The molecule has 2 rings (SSSR count). The first kappa shape index (κ1) is 15.5. The Balaban J connectivity index is 1.82. The molecule has 1 aromatic heterocycles. The minimum Gasteiger partial charge on any atom is -0.497 e. The summed E-state index contributed by atoms with van der Waals surface area (Å²) in [5.41, 5.74) is 1.02. The van der Waals surface area contributed by atoms with Gasteiger partial charge in [-0.05, 0) is 24.1 Å². The van der Waals surface area contributed by atoms with Crippen LogP contribution in [0.4, 0.5) is 5.82 Å². The lowest BCUT2D eigenvalue weighted by atomic mass is 10.1. The first-order chi connectivity index (χ1) is 10.6. The fraction of sp³-hybridized carbons (Fsp3) is 0.286. The van der Waals surface area contributed by atoms with Crippen LogP contribution in [0.2, 0.25) is 0 Å². The lowest BCUT2D eigenvalue weighted by molar-refractivity contribution is -0.137. The van der Waals surface area contributed by atoms with E-state index in [9.17, 15) is 9.59 Å². The lowest BCUT2D eigenvalue weighted by Crippen LogP contribution is -2.12. The fourth-order valence-corrected chi connectivity index (χ4v) is 1.83. The summed E-state index contributed by atoms with van der Waals surface area (Å²) in [6.45, 7) is -0.297. The number of hydrogen-bond acceptors (Lipinski definition) is 5. The van der Waals surface area contributed by atoms with Gasteiger partial charge in [-0.25, -0.2) is 4.68 Å². The number of methoxy groups -OCH3 is 1. The Kier molecular flexibility index (Phi) is 5.07. The quantitative estimate of drug-likeness (QED) is 0.788. The number of ether oxygens (including phenoxy) is 1. The maximum Gasteiger partial charge on any atom is 0.325 e. The molecule has 22 heavy (non-hydrogen) atoms. The SMILES string of the molecule is COc1ccc(CCC(=O)Nc2cn(CC(=O)O)nn2)cc1. The predicted octanol–water partition coefficient (Wildman–Crippen LogP) is 0.943. The number of aryl methyl sites for hydroxylation is 1. The van der Waals surface area contributed by atoms with E-state index in [0.717, 1.165) is 16.0 Å². The molecule has 0 saturated carbocycles. The van der Waals surface area contributed by atoms with Crippen molar-refractivity contribution < 1.29 is 19.4 Å². The molecule has 0 aliphatic carbocycles. The molecule has 0 radical (unpaired) electrons. The van der Waals surface area contributed by atoms with Gasteiger partial charge in [-0.3, -0.25) is 9.59 Å². The molecule has 0 bridgehead atoms. The number of benzene rings is 1. The molecular weight excluding hydrogens is 288 g/mol. The highest BCUT2D eigenvalue weighted by Gasteiger charge is 2.08. The zero-order chi connectivity index (χ0) is 15.9. The maximum absolute atomic E-state index is 11.8. The van der Waals surface area contributed by atoms with E-state index in [4.69, 9.17) is 9.84 Å². The van der Waals surface area contributed by atoms with Crippen molar-refractivity contribution in [1.29, 1.82) is 0 Å². The van der Waals surface area contributed by atoms with Crippen LogP contribution in [0.5, 0.6) is 5.75 Å². The van der Waals surface area contributed by atoms with Crippen LogP contribution in [0.1, 0.15) is 12.0 Å². The van der Waals surface area contributed by atoms with Crippen molar-refractivity contribution in [2.45, 2.75) is 19.4 Å². The van der Waals surface area contributed by atoms with Gasteiger partial charge in [0, 0.05) is 6.42 Å². The zero-order valence-corrected chi connectivity index (χ0v) is 12.0. The third-order valence-corrected chi connectivity index (χ3v) is 2.90. The number of nitrogens with zero attached hydrogens (tertiary/aromatic N) is 3. The number of carbonyl (C=O) groups is 2. The van der Waals surface area contributed by atoms with Crippen molar-refractivity contribution in [3.05, 3.63) is 36.0 Å². The van der Waals surface area contributed by atoms with E-state index >= 15 is 0 Å². The molecule has 0 aliphatic heterocycles. The number of carbonyl (C=O) groups excluding carboxylic acids is 1. The smallest absolute Gasteiger partial charge is 0.325 e. The number of anilines is 1. The van der Waals surface area contributed by atoms with E-state index < -0.39 is 5.97 Å². The van der Waals surface area contributed by atoms with Gasteiger partial charge in [-0.15, -0.1) is 5.10 Å². The molecule has 0 atom stereocenters. The number of nitrogens with one attached hydrogen (secondary N) is 1. The molecule has 0 saturated heterocycles. The van der Waals surface area contributed by atoms with Gasteiger partial charge in [-0.2, -0.15) is 0 Å². The average molecular weight is 304 g/mol. The largest absolute Gasteiger partial charge is 0.497 e. The molecule has 2 N–H and O–H groups in total. The number of rotatable bonds is 7. The molecule has 2 aromatic rings. The Labute approximate surface area is 126 Å². The average Bonchev–Trinajstić information content (AvgIpc) is 2.92. The Morgan fingerprint density at radius 2 is 2.05 bits per heavy atom. The molecule has 0 fully saturated rings. The summed E-state index contributed by atoms with van der Waals surface area (Å²) in [5, 5.41) is 18.5. The van der Waals surface area contributed by atoms with E-state index in [0.29, 0.717) is 6.42 Å². The van der Waals surface area contributed by atoms with Gasteiger partial charge >= 0.3 is 5.97 Å². The Morgan fingerprint density at radius 3 is 2.68 bits per heavy atom. The second kappa shape index (κ2) is 7.21. The summed E-state index contributed by atoms with van der Waals surface area (Å²) >= 11 is 0. The summed E-state index contributed by atoms with van der Waals surface area (Å²) < 4.78 is 6.21. The van der Waals surface area contributed by atoms with E-state index in [-0.39, 0.29) is 24.7 Å². The second-order valence-electron chi connectivity index (χ2n) is 4.59. The van der Waals surface area contributed by atoms with Crippen LogP contribution in [-0.4, -0.2) is 39.1 Å². The second-order valence-corrected chi connectivity index (χ2v) is 4.59. The minimum absolute atomic E-state index is 0.210. The molecule has 0 aliphatic rings. The molecular formula is C14H16N4O4. The van der Waals surface area contributed by atoms with Crippen molar-refractivity contribution in [2.24, 2.45) is 0 Å². The lowest BCUT2D eigenvalue weighted by Gasteiger charge is -2.03. The third-order valence-electron chi connectivity index (χ3n) is 2.90. The number of amides is 1. The first-order valence-electron chi connectivity index (χ1n) is 6.61. The topological polar surface area (TPSA) is 106 Å². The number of aliphatic carboxylic acids is 1. The monoisotopic (exact) mass is 304 g/mol. The number of carboxylic acid groups (broad SMARTS) is 1. The molecule has 116 valence electrons. The summed E-state index contributed by atoms with van der Waals surface area (Å²) in [6.07, 6.45) is 2.25. The number of carboxylic acids is 1. The Hall–Kier alpha value is -2.90. The molecule has 0 unspecified atom stereocenters. The summed E-state index contributed by atoms with van der Waals surface area (Å²) in [5.74, 6) is -0.232. The van der Waals surface area contributed by atoms with Crippen LogP contribution in [0, 0.1) is 0 Å². The predicted molar refractivity (Wildman–Crippen MR) is 77.6 cm³/mol. The van der Waals surface area contributed by atoms with Crippen LogP contribution in [-0.2, 0) is 22.6 Å². The summed E-state index contributed by atoms with van der Waals surface area (Å²) in [6, 6.07) is 7.47. The van der Waals surface area contributed by atoms with Gasteiger partial charge in [0.15, 0.2) is 5.82 Å². The molecule has 1 heterocycles. The highest BCUT2D eigenvalue weighted by Crippen LogP contribution is 2.13. The zero-order valence-electron chi connectivity index (χ0n) is 12.0. The Morgan fingerprint density at radius 1 is 1.32 bits per heavy atom. The van der Waals surface area contributed by atoms with Gasteiger partial charge < -0.3 is 15.2 Å². The molecule has 8 nitrogen and oxygen atoms in total. The summed E-state index contributed by atoms with van der Waals surface area (Å²) in [7, 11) is 1.60. The van der Waals surface area contributed by atoms with E-state index in [2.05, 4.69) is 15.6 Å². The number of aromatic nitrogens is 3. The third kappa shape index (κ3) is 4.58. The van der Waals surface area contributed by atoms with Gasteiger partial charge in [-0.1, -0.05) is 17.3 Å². The number of hydrogen-bond donors (Lipinski definition) is 2. The molecule has 1 amide bonds. The van der Waals surface area contributed by atoms with Crippen LogP contribution < -0.4 is 10.1 Å². The first-order valence-corrected chi connectivity index (χ1v) is 6.61. The van der Waals surface area contributed by atoms with Crippen molar-refractivity contribution >= 4 is 17.7 Å². The van der Waals surface area contributed by atoms with Crippen molar-refractivity contribution in [2.75, 3.05) is 12.4 Å². The summed E-state index contributed by atoms with van der Waals surface area (Å²) in [4.78, 5) is 22.3. The van der Waals surface area contributed by atoms with Gasteiger partial charge in [0.1, 0.15) is 12.3 Å². The van der Waals surface area contributed by atoms with Crippen LogP contribution in [0.15, 0.2) is 30.5 Å². The molecule has 8 heteroatoms. The van der Waals surface area contributed by atoms with E-state index in [1.165, 1.54) is 6.20 Å². The highest BCUT2D eigenvalue weighted by molar-refractivity contribution is 5.89. The van der Waals surface area contributed by atoms with Crippen LogP contribution >= 0.6 is 0 Å². The van der Waals surface area contributed by atoms with Crippen molar-refractivity contribution in [1.82, 2.24) is 15.0 Å². The molecule has 0 spiro atoms. The van der Waals surface area contributed by atoms with Crippen LogP contribution in [0.25, 0.3) is 0 Å². The Bertz CT molecular complexity index is 651. The van der Waals surface area contributed by atoms with Crippen molar-refractivity contribution in [3.8, 4) is 5.75 Å². The minimum atomic E-state index is -1.03. The van der Waals surface area contributed by atoms with Gasteiger partial charge in [0.05, 0.1) is 13.3 Å². The van der Waals surface area contributed by atoms with Crippen LogP contribution in [0.3, 0.4) is 0 Å². The maximum atomic E-state index is 11.8.